The topological polar surface area (TPSA) is 41.1 Å². The van der Waals surface area contributed by atoms with E-state index in [1.807, 2.05) is 18.2 Å². The van der Waals surface area contributed by atoms with Crippen LogP contribution in [-0.2, 0) is 10.2 Å². The first-order chi connectivity index (χ1) is 9.01. The molecule has 1 fully saturated rings. The lowest BCUT2D eigenvalue weighted by molar-refractivity contribution is -0.123. The second kappa shape index (κ2) is 7.34. The normalized spacial score (nSPS) is 20.1. The van der Waals surface area contributed by atoms with Gasteiger partial charge in [-0.2, -0.15) is 0 Å². The highest BCUT2D eigenvalue weighted by Gasteiger charge is 2.31. The van der Waals surface area contributed by atoms with E-state index in [0.29, 0.717) is 0 Å². The van der Waals surface area contributed by atoms with Gasteiger partial charge in [-0.25, -0.2) is 0 Å². The van der Waals surface area contributed by atoms with Gasteiger partial charge in [0.25, 0.3) is 0 Å². The first-order valence-corrected chi connectivity index (χ1v) is 7.84. The standard InChI is InChI=1S/C15H22N2OS.ClH/c1-11(17-14(18)13-9-19-10-16-13)15(2,3)12-7-5-4-6-8-12;/h4-8,11,13,16H,9-10H2,1-3H3,(H,17,18);1H/t11?,13-;/m1./s1. The van der Waals surface area contributed by atoms with Crippen molar-refractivity contribution in [2.45, 2.75) is 38.3 Å². The van der Waals surface area contributed by atoms with Crippen molar-refractivity contribution in [2.75, 3.05) is 11.6 Å². The fourth-order valence-electron chi connectivity index (χ4n) is 2.18. The number of halogens is 1. The van der Waals surface area contributed by atoms with Crippen molar-refractivity contribution in [1.29, 1.82) is 0 Å². The Morgan fingerprint density at radius 1 is 1.40 bits per heavy atom. The highest BCUT2D eigenvalue weighted by Crippen LogP contribution is 2.27. The number of benzene rings is 1. The molecule has 3 nitrogen and oxygen atoms in total. The highest BCUT2D eigenvalue weighted by atomic mass is 35.5. The average molecular weight is 315 g/mol. The van der Waals surface area contributed by atoms with E-state index in [1.54, 1.807) is 11.8 Å². The quantitative estimate of drug-likeness (QED) is 0.897. The molecule has 1 heterocycles. The van der Waals surface area contributed by atoms with Crippen molar-refractivity contribution >= 4 is 30.1 Å². The lowest BCUT2D eigenvalue weighted by Gasteiger charge is -2.33. The van der Waals surface area contributed by atoms with Crippen LogP contribution in [0.15, 0.2) is 30.3 Å². The maximum Gasteiger partial charge on any atom is 0.238 e. The fourth-order valence-corrected chi connectivity index (χ4v) is 3.12. The number of rotatable bonds is 4. The summed E-state index contributed by atoms with van der Waals surface area (Å²) in [6.07, 6.45) is 0. The molecule has 2 rings (SSSR count). The molecule has 0 aliphatic carbocycles. The SMILES string of the molecule is CC(NC(=O)[C@H]1CSCN1)C(C)(C)c1ccccc1.Cl. The van der Waals surface area contributed by atoms with Gasteiger partial charge in [0.15, 0.2) is 0 Å². The third kappa shape index (κ3) is 3.90. The molecule has 0 aromatic heterocycles. The van der Waals surface area contributed by atoms with Crippen molar-refractivity contribution in [3.05, 3.63) is 35.9 Å². The second-order valence-electron chi connectivity index (χ2n) is 5.59. The van der Waals surface area contributed by atoms with Crippen LogP contribution in [0, 0.1) is 0 Å². The predicted octanol–water partition coefficient (Wildman–Crippen LogP) is 2.55. The van der Waals surface area contributed by atoms with E-state index in [-0.39, 0.29) is 35.8 Å². The van der Waals surface area contributed by atoms with Gasteiger partial charge < -0.3 is 5.32 Å². The molecule has 0 saturated carbocycles. The predicted molar refractivity (Wildman–Crippen MR) is 88.6 cm³/mol. The van der Waals surface area contributed by atoms with Crippen LogP contribution >= 0.6 is 24.2 Å². The molecular weight excluding hydrogens is 292 g/mol. The number of hydrogen-bond donors (Lipinski definition) is 2. The van der Waals surface area contributed by atoms with Crippen LogP contribution in [0.5, 0.6) is 0 Å². The van der Waals surface area contributed by atoms with Gasteiger partial charge in [0, 0.05) is 23.1 Å². The molecule has 0 radical (unpaired) electrons. The van der Waals surface area contributed by atoms with Crippen molar-refractivity contribution < 1.29 is 4.79 Å². The number of hydrogen-bond acceptors (Lipinski definition) is 3. The largest absolute Gasteiger partial charge is 0.351 e. The summed E-state index contributed by atoms with van der Waals surface area (Å²) in [5, 5.41) is 6.35. The van der Waals surface area contributed by atoms with Crippen LogP contribution in [0.3, 0.4) is 0 Å². The molecule has 1 aromatic carbocycles. The number of amides is 1. The Morgan fingerprint density at radius 3 is 2.60 bits per heavy atom. The molecule has 0 spiro atoms. The molecule has 1 amide bonds. The zero-order valence-electron chi connectivity index (χ0n) is 12.2. The average Bonchev–Trinajstić information content (AvgIpc) is 2.93. The Labute approximate surface area is 131 Å². The van der Waals surface area contributed by atoms with Gasteiger partial charge in [-0.05, 0) is 12.5 Å². The Kier molecular flexibility index (Phi) is 6.37. The van der Waals surface area contributed by atoms with Gasteiger partial charge in [-0.1, -0.05) is 44.2 Å². The molecule has 1 aliphatic heterocycles. The Bertz CT molecular complexity index is 433. The Hall–Kier alpha value is -0.710. The summed E-state index contributed by atoms with van der Waals surface area (Å²) in [6, 6.07) is 10.4. The number of carbonyl (C=O) groups is 1. The van der Waals surface area contributed by atoms with Crippen molar-refractivity contribution in [3.63, 3.8) is 0 Å². The molecule has 112 valence electrons. The van der Waals surface area contributed by atoms with Crippen molar-refractivity contribution in [1.82, 2.24) is 10.6 Å². The zero-order valence-corrected chi connectivity index (χ0v) is 13.8. The van der Waals surface area contributed by atoms with E-state index in [2.05, 4.69) is 43.5 Å². The Balaban J connectivity index is 0.00000200. The summed E-state index contributed by atoms with van der Waals surface area (Å²) in [7, 11) is 0. The van der Waals surface area contributed by atoms with Crippen molar-refractivity contribution in [2.24, 2.45) is 0 Å². The van der Waals surface area contributed by atoms with Crippen LogP contribution in [0.25, 0.3) is 0 Å². The molecular formula is C15H23ClN2OS. The summed E-state index contributed by atoms with van der Waals surface area (Å²) >= 11 is 1.77. The first kappa shape index (κ1) is 17.3. The van der Waals surface area contributed by atoms with E-state index < -0.39 is 0 Å². The van der Waals surface area contributed by atoms with Gasteiger partial charge in [0.2, 0.25) is 5.91 Å². The molecule has 2 atom stereocenters. The third-order valence-corrected chi connectivity index (χ3v) is 4.93. The molecule has 0 bridgehead atoms. The van der Waals surface area contributed by atoms with Crippen LogP contribution in [-0.4, -0.2) is 29.6 Å². The molecule has 1 aromatic rings. The van der Waals surface area contributed by atoms with Gasteiger partial charge >= 0.3 is 0 Å². The summed E-state index contributed by atoms with van der Waals surface area (Å²) in [5.41, 5.74) is 1.17. The molecule has 2 N–H and O–H groups in total. The van der Waals surface area contributed by atoms with E-state index >= 15 is 0 Å². The fraction of sp³-hybridized carbons (Fsp3) is 0.533. The van der Waals surface area contributed by atoms with E-state index in [1.165, 1.54) is 5.56 Å². The number of thioether (sulfide) groups is 1. The van der Waals surface area contributed by atoms with Gasteiger partial charge in [-0.15, -0.1) is 24.2 Å². The summed E-state index contributed by atoms with van der Waals surface area (Å²) < 4.78 is 0. The molecule has 5 heteroatoms. The smallest absolute Gasteiger partial charge is 0.238 e. The zero-order chi connectivity index (χ0) is 13.9. The summed E-state index contributed by atoms with van der Waals surface area (Å²) in [6.45, 7) is 6.42. The minimum atomic E-state index is -0.0807. The Morgan fingerprint density at radius 2 is 2.05 bits per heavy atom. The first-order valence-electron chi connectivity index (χ1n) is 6.69. The van der Waals surface area contributed by atoms with Crippen LogP contribution in [0.4, 0.5) is 0 Å². The number of carbonyl (C=O) groups excluding carboxylic acids is 1. The van der Waals surface area contributed by atoms with E-state index in [9.17, 15) is 4.79 Å². The van der Waals surface area contributed by atoms with Gasteiger partial charge in [-0.3, -0.25) is 10.1 Å². The van der Waals surface area contributed by atoms with Crippen LogP contribution in [0.2, 0.25) is 0 Å². The third-order valence-electron chi connectivity index (χ3n) is 3.99. The monoisotopic (exact) mass is 314 g/mol. The summed E-state index contributed by atoms with van der Waals surface area (Å²) in [5.74, 6) is 1.85. The minimum Gasteiger partial charge on any atom is -0.351 e. The molecule has 1 unspecified atom stereocenters. The lowest BCUT2D eigenvalue weighted by atomic mass is 9.78. The van der Waals surface area contributed by atoms with E-state index in [4.69, 9.17) is 0 Å². The molecule has 1 saturated heterocycles. The van der Waals surface area contributed by atoms with E-state index in [0.717, 1.165) is 11.6 Å². The van der Waals surface area contributed by atoms with Crippen LogP contribution < -0.4 is 10.6 Å². The van der Waals surface area contributed by atoms with Gasteiger partial charge in [0.05, 0.1) is 6.04 Å². The van der Waals surface area contributed by atoms with Crippen molar-refractivity contribution in [3.8, 4) is 0 Å². The number of nitrogens with one attached hydrogen (secondary N) is 2. The second-order valence-corrected chi connectivity index (χ2v) is 6.62. The highest BCUT2D eigenvalue weighted by molar-refractivity contribution is 7.99. The van der Waals surface area contributed by atoms with Crippen LogP contribution in [0.1, 0.15) is 26.3 Å². The lowest BCUT2D eigenvalue weighted by Crippen LogP contribution is -2.51. The summed E-state index contributed by atoms with van der Waals surface area (Å²) in [4.78, 5) is 12.1. The van der Waals surface area contributed by atoms with Gasteiger partial charge in [0.1, 0.15) is 0 Å². The maximum absolute atomic E-state index is 12.1. The molecule has 20 heavy (non-hydrogen) atoms. The minimum absolute atomic E-state index is 0. The maximum atomic E-state index is 12.1. The molecule has 1 aliphatic rings.